The Labute approximate surface area is 316 Å². The number of carbonyl (C=O) groups is 5. The van der Waals surface area contributed by atoms with Crippen LogP contribution in [0.1, 0.15) is 58.9 Å². The SMILES string of the molecule is CC(=O)O[C@@H](C)CC(=O)Oc1c(OC(=O)C[C@@H](C)O)c(-c2ccc(O)cc2)c(OC(=O)C[C@H](C)O)c(OC(=O)CCc2ccccc2)c1-c1ccc(O)cc1. The van der Waals surface area contributed by atoms with Crippen molar-refractivity contribution in [3.63, 3.8) is 0 Å². The molecule has 55 heavy (non-hydrogen) atoms. The van der Waals surface area contributed by atoms with Crippen LogP contribution in [0.25, 0.3) is 22.3 Å². The van der Waals surface area contributed by atoms with Gasteiger partial charge in [-0.1, -0.05) is 54.6 Å². The fraction of sp³-hybridized carbons (Fsp3) is 0.293. The molecule has 0 aromatic heterocycles. The van der Waals surface area contributed by atoms with E-state index in [0.29, 0.717) is 0 Å². The van der Waals surface area contributed by atoms with Crippen molar-refractivity contribution in [3.05, 3.63) is 84.4 Å². The van der Waals surface area contributed by atoms with Gasteiger partial charge in [0.1, 0.15) is 17.6 Å². The first kappa shape index (κ1) is 41.5. The van der Waals surface area contributed by atoms with Crippen LogP contribution in [0.2, 0.25) is 0 Å². The van der Waals surface area contributed by atoms with E-state index in [1.807, 2.05) is 18.2 Å². The number of phenols is 2. The van der Waals surface area contributed by atoms with Gasteiger partial charge in [0.2, 0.25) is 0 Å². The molecule has 0 amide bonds. The van der Waals surface area contributed by atoms with Crippen molar-refractivity contribution in [1.82, 2.24) is 0 Å². The highest BCUT2D eigenvalue weighted by Crippen LogP contribution is 2.58. The standard InChI is InChI=1S/C41H42O14/c1-23(42)20-33(48)53-39-37(29-13-17-31(46)18-14-29)40(54-34(49)21-24(2)43)41(55-35(50)22-25(3)51-26(4)44)36(28-11-15-30(45)16-12-28)38(39)52-32(47)19-10-27-8-6-5-7-9-27/h5-9,11-18,23-25,42-43,45-46H,10,19-22H2,1-4H3/t23-,24+,25-/m0/s1. The molecule has 4 aromatic carbocycles. The maximum atomic E-state index is 13.8. The molecule has 4 aromatic rings. The zero-order chi connectivity index (χ0) is 40.2. The third-order valence-corrected chi connectivity index (χ3v) is 7.70. The van der Waals surface area contributed by atoms with Crippen LogP contribution in [-0.2, 0) is 35.1 Å². The van der Waals surface area contributed by atoms with Crippen LogP contribution >= 0.6 is 0 Å². The molecule has 0 aliphatic carbocycles. The molecule has 14 nitrogen and oxygen atoms in total. The fourth-order valence-corrected chi connectivity index (χ4v) is 5.39. The monoisotopic (exact) mass is 758 g/mol. The molecular weight excluding hydrogens is 716 g/mol. The topological polar surface area (TPSA) is 212 Å². The molecule has 4 rings (SSSR count). The summed E-state index contributed by atoms with van der Waals surface area (Å²) >= 11 is 0. The largest absolute Gasteiger partial charge is 0.508 e. The molecule has 290 valence electrons. The van der Waals surface area contributed by atoms with Crippen LogP contribution in [0.3, 0.4) is 0 Å². The van der Waals surface area contributed by atoms with Crippen LogP contribution in [0.15, 0.2) is 78.9 Å². The second-order valence-electron chi connectivity index (χ2n) is 12.8. The van der Waals surface area contributed by atoms with Crippen LogP contribution in [0, 0.1) is 0 Å². The molecule has 0 radical (unpaired) electrons. The zero-order valence-corrected chi connectivity index (χ0v) is 30.6. The summed E-state index contributed by atoms with van der Waals surface area (Å²) < 4.78 is 28.8. The van der Waals surface area contributed by atoms with Crippen molar-refractivity contribution < 1.29 is 68.1 Å². The van der Waals surface area contributed by atoms with E-state index in [0.717, 1.165) is 12.5 Å². The lowest BCUT2D eigenvalue weighted by Gasteiger charge is -2.25. The van der Waals surface area contributed by atoms with E-state index in [1.54, 1.807) is 12.1 Å². The molecule has 0 unspecified atom stereocenters. The molecule has 4 N–H and O–H groups in total. The van der Waals surface area contributed by atoms with Gasteiger partial charge in [0.05, 0.1) is 42.6 Å². The van der Waals surface area contributed by atoms with Crippen molar-refractivity contribution in [1.29, 1.82) is 0 Å². The third-order valence-electron chi connectivity index (χ3n) is 7.70. The molecule has 0 saturated heterocycles. The predicted molar refractivity (Wildman–Crippen MR) is 196 cm³/mol. The molecule has 0 fully saturated rings. The first-order chi connectivity index (χ1) is 26.1. The first-order valence-electron chi connectivity index (χ1n) is 17.3. The summed E-state index contributed by atoms with van der Waals surface area (Å²) in [4.78, 5) is 65.8. The van der Waals surface area contributed by atoms with Crippen LogP contribution in [0.5, 0.6) is 34.5 Å². The summed E-state index contributed by atoms with van der Waals surface area (Å²) in [6.45, 7) is 5.28. The highest BCUT2D eigenvalue weighted by molar-refractivity contribution is 5.99. The lowest BCUT2D eigenvalue weighted by atomic mass is 9.94. The van der Waals surface area contributed by atoms with Crippen LogP contribution in [-0.4, -0.2) is 68.6 Å². The summed E-state index contributed by atoms with van der Waals surface area (Å²) in [7, 11) is 0. The van der Waals surface area contributed by atoms with Gasteiger partial charge in [-0.25, -0.2) is 0 Å². The first-order valence-corrected chi connectivity index (χ1v) is 17.3. The van der Waals surface area contributed by atoms with Gasteiger partial charge in [-0.3, -0.25) is 24.0 Å². The number of esters is 5. The summed E-state index contributed by atoms with van der Waals surface area (Å²) in [5.41, 5.74) is 0.508. The summed E-state index contributed by atoms with van der Waals surface area (Å²) in [5.74, 6) is -6.90. The summed E-state index contributed by atoms with van der Waals surface area (Å²) in [5, 5.41) is 40.5. The third kappa shape index (κ3) is 12.1. The predicted octanol–water partition coefficient (Wildman–Crippen LogP) is 5.57. The van der Waals surface area contributed by atoms with Gasteiger partial charge in [-0.05, 0) is 68.1 Å². The second-order valence-corrected chi connectivity index (χ2v) is 12.8. The number of ether oxygens (including phenoxy) is 5. The van der Waals surface area contributed by atoms with Gasteiger partial charge in [0.15, 0.2) is 23.0 Å². The summed E-state index contributed by atoms with van der Waals surface area (Å²) in [6.07, 6.45) is -4.88. The molecule has 0 bridgehead atoms. The van der Waals surface area contributed by atoms with E-state index in [4.69, 9.17) is 23.7 Å². The Kier molecular flexibility index (Phi) is 14.5. The van der Waals surface area contributed by atoms with Gasteiger partial charge < -0.3 is 44.1 Å². The lowest BCUT2D eigenvalue weighted by Crippen LogP contribution is -2.22. The Morgan fingerprint density at radius 3 is 1.31 bits per heavy atom. The number of hydrogen-bond donors (Lipinski definition) is 4. The van der Waals surface area contributed by atoms with E-state index in [1.165, 1.54) is 69.3 Å². The van der Waals surface area contributed by atoms with Crippen LogP contribution < -0.4 is 18.9 Å². The maximum absolute atomic E-state index is 13.8. The van der Waals surface area contributed by atoms with Gasteiger partial charge >= 0.3 is 29.8 Å². The normalized spacial score (nSPS) is 12.5. The highest BCUT2D eigenvalue weighted by atomic mass is 16.6. The lowest BCUT2D eigenvalue weighted by molar-refractivity contribution is -0.149. The molecular formula is C41H42O14. The van der Waals surface area contributed by atoms with Gasteiger partial charge in [0, 0.05) is 13.3 Å². The number of phenolic OH excluding ortho intramolecular Hbond substituents is 2. The second kappa shape index (κ2) is 19.2. The van der Waals surface area contributed by atoms with E-state index < -0.39 is 90.4 Å². The smallest absolute Gasteiger partial charge is 0.315 e. The average Bonchev–Trinajstić information content (AvgIpc) is 3.09. The molecule has 14 heteroatoms. The molecule has 0 aliphatic heterocycles. The summed E-state index contributed by atoms with van der Waals surface area (Å²) in [6, 6.07) is 19.6. The van der Waals surface area contributed by atoms with Crippen molar-refractivity contribution in [2.24, 2.45) is 0 Å². The molecule has 0 saturated carbocycles. The van der Waals surface area contributed by atoms with E-state index in [2.05, 4.69) is 0 Å². The number of aliphatic hydroxyl groups excluding tert-OH is 2. The molecule has 0 aliphatic rings. The molecule has 3 atom stereocenters. The van der Waals surface area contributed by atoms with E-state index in [9.17, 15) is 44.4 Å². The van der Waals surface area contributed by atoms with Gasteiger partial charge in [-0.15, -0.1) is 0 Å². The quantitative estimate of drug-likeness (QED) is 0.0813. The maximum Gasteiger partial charge on any atom is 0.315 e. The minimum absolute atomic E-state index is 0.0990. The molecule has 0 heterocycles. The number of rotatable bonds is 16. The Morgan fingerprint density at radius 1 is 0.545 bits per heavy atom. The Hall–Kier alpha value is -6.25. The zero-order valence-electron chi connectivity index (χ0n) is 30.6. The van der Waals surface area contributed by atoms with E-state index in [-0.39, 0.29) is 46.6 Å². The highest BCUT2D eigenvalue weighted by Gasteiger charge is 2.36. The Bertz CT molecular complexity index is 1980. The Morgan fingerprint density at radius 2 is 0.927 bits per heavy atom. The minimum atomic E-state index is -1.19. The number of aryl methyl sites for hydroxylation is 1. The number of aliphatic hydroxyl groups is 2. The van der Waals surface area contributed by atoms with Crippen LogP contribution in [0.4, 0.5) is 0 Å². The minimum Gasteiger partial charge on any atom is -0.508 e. The van der Waals surface area contributed by atoms with Crippen molar-refractivity contribution in [2.45, 2.75) is 78.1 Å². The number of aromatic hydroxyl groups is 2. The van der Waals surface area contributed by atoms with Crippen molar-refractivity contribution in [3.8, 4) is 56.8 Å². The van der Waals surface area contributed by atoms with Crippen molar-refractivity contribution >= 4 is 29.8 Å². The average molecular weight is 759 g/mol. The number of benzene rings is 4. The van der Waals surface area contributed by atoms with Gasteiger partial charge in [0.25, 0.3) is 0 Å². The van der Waals surface area contributed by atoms with Gasteiger partial charge in [-0.2, -0.15) is 0 Å². The molecule has 0 spiro atoms. The number of carbonyl (C=O) groups excluding carboxylic acids is 5. The number of hydrogen-bond acceptors (Lipinski definition) is 14. The van der Waals surface area contributed by atoms with Crippen molar-refractivity contribution in [2.75, 3.05) is 0 Å². The van der Waals surface area contributed by atoms with E-state index >= 15 is 0 Å². The fourth-order valence-electron chi connectivity index (χ4n) is 5.39. The Balaban J connectivity index is 2.12.